The Morgan fingerprint density at radius 2 is 1.92 bits per heavy atom. The largest absolute Gasteiger partial charge is 0.346 e. The van der Waals surface area contributed by atoms with Crippen LogP contribution >= 0.6 is 11.6 Å². The van der Waals surface area contributed by atoms with Gasteiger partial charge in [0, 0.05) is 24.7 Å². The lowest BCUT2D eigenvalue weighted by atomic mass is 10.1. The van der Waals surface area contributed by atoms with Crippen molar-refractivity contribution < 1.29 is 4.79 Å². The molecule has 26 heavy (non-hydrogen) atoms. The summed E-state index contributed by atoms with van der Waals surface area (Å²) in [5.74, 6) is -0.105. The molecule has 6 nitrogen and oxygen atoms in total. The van der Waals surface area contributed by atoms with Gasteiger partial charge in [0.05, 0.1) is 5.39 Å². The Bertz CT molecular complexity index is 997. The van der Waals surface area contributed by atoms with Gasteiger partial charge in [-0.3, -0.25) is 9.59 Å². The molecule has 3 aromatic rings. The normalized spacial score (nSPS) is 11.1. The second-order valence-corrected chi connectivity index (χ2v) is 6.83. The standard InChI is InChI=1S/C19H19ClN4O2/c1-12(2)11-24-19(26)15-6-4-3-5-14(15)17(23-24)18(25)22-10-13-7-8-16(20)21-9-13/h3-9,12H,10-11H2,1-2H3,(H,22,25). The van der Waals surface area contributed by atoms with Crippen LogP contribution in [0.15, 0.2) is 47.4 Å². The number of aromatic nitrogens is 3. The minimum Gasteiger partial charge on any atom is -0.346 e. The summed E-state index contributed by atoms with van der Waals surface area (Å²) in [5, 5.41) is 8.58. The number of pyridine rings is 1. The molecule has 3 rings (SSSR count). The zero-order chi connectivity index (χ0) is 18.7. The molecule has 0 atom stereocenters. The van der Waals surface area contributed by atoms with Crippen LogP contribution < -0.4 is 10.9 Å². The van der Waals surface area contributed by atoms with E-state index in [2.05, 4.69) is 15.4 Å². The molecule has 1 amide bonds. The predicted molar refractivity (Wildman–Crippen MR) is 101 cm³/mol. The number of rotatable bonds is 5. The Morgan fingerprint density at radius 3 is 2.58 bits per heavy atom. The van der Waals surface area contributed by atoms with E-state index in [9.17, 15) is 9.59 Å². The summed E-state index contributed by atoms with van der Waals surface area (Å²) >= 11 is 5.77. The summed E-state index contributed by atoms with van der Waals surface area (Å²) in [7, 11) is 0. The highest BCUT2D eigenvalue weighted by molar-refractivity contribution is 6.29. The molecule has 0 bridgehead atoms. The molecule has 1 N–H and O–H groups in total. The van der Waals surface area contributed by atoms with E-state index < -0.39 is 0 Å². The second-order valence-electron chi connectivity index (χ2n) is 6.45. The quantitative estimate of drug-likeness (QED) is 0.700. The molecule has 0 saturated heterocycles. The maximum Gasteiger partial charge on any atom is 0.274 e. The number of hydrogen-bond acceptors (Lipinski definition) is 4. The van der Waals surface area contributed by atoms with Crippen molar-refractivity contribution in [2.24, 2.45) is 5.92 Å². The van der Waals surface area contributed by atoms with Gasteiger partial charge >= 0.3 is 0 Å². The van der Waals surface area contributed by atoms with Gasteiger partial charge in [-0.25, -0.2) is 9.67 Å². The molecule has 1 aromatic carbocycles. The third kappa shape index (κ3) is 3.91. The number of amides is 1. The highest BCUT2D eigenvalue weighted by Crippen LogP contribution is 2.14. The Morgan fingerprint density at radius 1 is 1.19 bits per heavy atom. The number of hydrogen-bond donors (Lipinski definition) is 1. The van der Waals surface area contributed by atoms with Gasteiger partial charge in [0.15, 0.2) is 5.69 Å². The van der Waals surface area contributed by atoms with E-state index in [1.165, 1.54) is 4.68 Å². The SMILES string of the molecule is CC(C)Cn1nc(C(=O)NCc2ccc(Cl)nc2)c2ccccc2c1=O. The molecule has 0 aliphatic heterocycles. The van der Waals surface area contributed by atoms with E-state index in [0.29, 0.717) is 29.0 Å². The summed E-state index contributed by atoms with van der Waals surface area (Å²) in [4.78, 5) is 29.3. The number of nitrogens with one attached hydrogen (secondary N) is 1. The molecular formula is C19H19ClN4O2. The first-order valence-electron chi connectivity index (χ1n) is 8.34. The van der Waals surface area contributed by atoms with E-state index in [1.54, 1.807) is 42.6 Å². The number of carbonyl (C=O) groups is 1. The first-order valence-corrected chi connectivity index (χ1v) is 8.72. The summed E-state index contributed by atoms with van der Waals surface area (Å²) in [6.45, 7) is 4.74. The zero-order valence-corrected chi connectivity index (χ0v) is 15.3. The van der Waals surface area contributed by atoms with Gasteiger partial charge in [0.1, 0.15) is 5.15 Å². The number of benzene rings is 1. The summed E-state index contributed by atoms with van der Waals surface area (Å²) in [6.07, 6.45) is 1.60. The second kappa shape index (κ2) is 7.66. The van der Waals surface area contributed by atoms with Crippen LogP contribution in [0.2, 0.25) is 5.15 Å². The van der Waals surface area contributed by atoms with E-state index in [0.717, 1.165) is 5.56 Å². The average molecular weight is 371 g/mol. The fourth-order valence-electron chi connectivity index (χ4n) is 2.65. The Labute approximate surface area is 155 Å². The topological polar surface area (TPSA) is 76.9 Å². The lowest BCUT2D eigenvalue weighted by Crippen LogP contribution is -2.31. The summed E-state index contributed by atoms with van der Waals surface area (Å²) in [5.41, 5.74) is 0.873. The lowest BCUT2D eigenvalue weighted by molar-refractivity contribution is 0.0945. The average Bonchev–Trinajstić information content (AvgIpc) is 2.63. The van der Waals surface area contributed by atoms with Gasteiger partial charge in [-0.15, -0.1) is 0 Å². The van der Waals surface area contributed by atoms with Gasteiger partial charge < -0.3 is 5.32 Å². The molecule has 134 valence electrons. The van der Waals surface area contributed by atoms with Crippen LogP contribution in [0.3, 0.4) is 0 Å². The van der Waals surface area contributed by atoms with Crippen molar-refractivity contribution in [3.8, 4) is 0 Å². The molecule has 0 aliphatic rings. The van der Waals surface area contributed by atoms with Crippen molar-refractivity contribution in [1.29, 1.82) is 0 Å². The van der Waals surface area contributed by atoms with E-state index in [4.69, 9.17) is 11.6 Å². The first kappa shape index (κ1) is 18.1. The lowest BCUT2D eigenvalue weighted by Gasteiger charge is -2.12. The fraction of sp³-hybridized carbons (Fsp3) is 0.263. The minimum atomic E-state index is -0.339. The van der Waals surface area contributed by atoms with Crippen molar-refractivity contribution in [2.45, 2.75) is 26.9 Å². The summed E-state index contributed by atoms with van der Waals surface area (Å²) in [6, 6.07) is 10.5. The van der Waals surface area contributed by atoms with Crippen LogP contribution in [0.1, 0.15) is 29.9 Å². The highest BCUT2D eigenvalue weighted by atomic mass is 35.5. The number of carbonyl (C=O) groups excluding carboxylic acids is 1. The van der Waals surface area contributed by atoms with Crippen LogP contribution in [0.5, 0.6) is 0 Å². The molecule has 0 radical (unpaired) electrons. The summed E-state index contributed by atoms with van der Waals surface area (Å²) < 4.78 is 1.37. The van der Waals surface area contributed by atoms with Crippen LogP contribution in [-0.2, 0) is 13.1 Å². The third-order valence-corrected chi connectivity index (χ3v) is 4.09. The number of halogens is 1. The molecule has 2 heterocycles. The number of nitrogens with zero attached hydrogens (tertiary/aromatic N) is 3. The Balaban J connectivity index is 1.94. The van der Waals surface area contributed by atoms with Gasteiger partial charge in [-0.05, 0) is 23.6 Å². The monoisotopic (exact) mass is 370 g/mol. The van der Waals surface area contributed by atoms with Crippen LogP contribution in [0.4, 0.5) is 0 Å². The smallest absolute Gasteiger partial charge is 0.274 e. The fourth-order valence-corrected chi connectivity index (χ4v) is 2.76. The van der Waals surface area contributed by atoms with Crippen LogP contribution in [-0.4, -0.2) is 20.7 Å². The molecular weight excluding hydrogens is 352 g/mol. The molecule has 0 fully saturated rings. The van der Waals surface area contributed by atoms with Crippen molar-refractivity contribution in [1.82, 2.24) is 20.1 Å². The molecule has 0 unspecified atom stereocenters. The Hall–Kier alpha value is -2.73. The van der Waals surface area contributed by atoms with Crippen molar-refractivity contribution >= 4 is 28.3 Å². The van der Waals surface area contributed by atoms with E-state index in [1.807, 2.05) is 13.8 Å². The molecule has 0 aliphatic carbocycles. The van der Waals surface area contributed by atoms with Gasteiger partial charge in [-0.2, -0.15) is 5.10 Å². The molecule has 2 aromatic heterocycles. The number of fused-ring (bicyclic) bond motifs is 1. The van der Waals surface area contributed by atoms with Crippen molar-refractivity contribution in [2.75, 3.05) is 0 Å². The molecule has 7 heteroatoms. The Kier molecular flexibility index (Phi) is 5.32. The van der Waals surface area contributed by atoms with Gasteiger partial charge in [0.25, 0.3) is 11.5 Å². The van der Waals surface area contributed by atoms with Crippen molar-refractivity contribution in [3.63, 3.8) is 0 Å². The predicted octanol–water partition coefficient (Wildman–Crippen LogP) is 3.03. The van der Waals surface area contributed by atoms with Crippen molar-refractivity contribution in [3.05, 3.63) is 69.4 Å². The van der Waals surface area contributed by atoms with Crippen LogP contribution in [0, 0.1) is 5.92 Å². The van der Waals surface area contributed by atoms with Gasteiger partial charge in [0.2, 0.25) is 0 Å². The molecule has 0 spiro atoms. The maximum absolute atomic E-state index is 12.7. The van der Waals surface area contributed by atoms with Crippen LogP contribution in [0.25, 0.3) is 10.8 Å². The van der Waals surface area contributed by atoms with E-state index >= 15 is 0 Å². The highest BCUT2D eigenvalue weighted by Gasteiger charge is 2.17. The third-order valence-electron chi connectivity index (χ3n) is 3.86. The minimum absolute atomic E-state index is 0.187. The molecule has 0 saturated carbocycles. The first-order chi connectivity index (χ1) is 12.5. The zero-order valence-electron chi connectivity index (χ0n) is 14.6. The van der Waals surface area contributed by atoms with E-state index in [-0.39, 0.29) is 23.1 Å². The van der Waals surface area contributed by atoms with Gasteiger partial charge in [-0.1, -0.05) is 49.7 Å². The maximum atomic E-state index is 12.7.